The molecular weight excluding hydrogens is 355 g/mol. The van der Waals surface area contributed by atoms with E-state index < -0.39 is 0 Å². The van der Waals surface area contributed by atoms with Gasteiger partial charge in [0.15, 0.2) is 0 Å². The number of aromatic nitrogens is 2. The highest BCUT2D eigenvalue weighted by molar-refractivity contribution is 6.31. The lowest BCUT2D eigenvalue weighted by molar-refractivity contribution is -0.0336. The second kappa shape index (κ2) is 7.15. The Labute approximate surface area is 155 Å². The van der Waals surface area contributed by atoms with Gasteiger partial charge in [-0.2, -0.15) is 0 Å². The quantitative estimate of drug-likeness (QED) is 0.761. The summed E-state index contributed by atoms with van der Waals surface area (Å²) in [5.74, 6) is 0.801. The minimum Gasteiger partial charge on any atom is -0.383 e. The number of para-hydroxylation sites is 1. The van der Waals surface area contributed by atoms with Crippen molar-refractivity contribution in [1.29, 1.82) is 0 Å². The summed E-state index contributed by atoms with van der Waals surface area (Å²) in [7, 11) is 0. The highest BCUT2D eigenvalue weighted by Crippen LogP contribution is 2.29. The van der Waals surface area contributed by atoms with Crippen molar-refractivity contribution in [3.63, 3.8) is 0 Å². The first kappa shape index (κ1) is 17.1. The molecule has 1 aliphatic rings. The molecule has 3 aromatic rings. The third kappa shape index (κ3) is 3.49. The molecule has 2 aromatic carbocycles. The monoisotopic (exact) mass is 372 g/mol. The van der Waals surface area contributed by atoms with Crippen molar-refractivity contribution in [2.24, 2.45) is 0 Å². The Balaban J connectivity index is 1.53. The summed E-state index contributed by atoms with van der Waals surface area (Å²) in [6.45, 7) is 2.50. The van der Waals surface area contributed by atoms with E-state index in [1.807, 2.05) is 24.3 Å². The maximum absolute atomic E-state index is 13.3. The van der Waals surface area contributed by atoms with Crippen molar-refractivity contribution >= 4 is 28.3 Å². The second-order valence-electron chi connectivity index (χ2n) is 6.30. The summed E-state index contributed by atoms with van der Waals surface area (Å²) in [6.07, 6.45) is -0.213. The highest BCUT2D eigenvalue weighted by Gasteiger charge is 2.24. The Kier molecular flexibility index (Phi) is 4.72. The van der Waals surface area contributed by atoms with E-state index in [0.29, 0.717) is 36.4 Å². The predicted octanol–water partition coefficient (Wildman–Crippen LogP) is 3.58. The fourth-order valence-electron chi connectivity index (χ4n) is 3.22. The first-order chi connectivity index (χ1) is 12.6. The zero-order chi connectivity index (χ0) is 18.1. The molecule has 0 bridgehead atoms. The van der Waals surface area contributed by atoms with E-state index in [4.69, 9.17) is 22.1 Å². The average molecular weight is 373 g/mol. The van der Waals surface area contributed by atoms with E-state index >= 15 is 0 Å². The van der Waals surface area contributed by atoms with E-state index in [1.165, 1.54) is 12.1 Å². The van der Waals surface area contributed by atoms with Gasteiger partial charge in [-0.25, -0.2) is 14.4 Å². The van der Waals surface area contributed by atoms with Gasteiger partial charge in [0.25, 0.3) is 0 Å². The minimum atomic E-state index is -0.355. The van der Waals surface area contributed by atoms with Crippen LogP contribution in [0.5, 0.6) is 0 Å². The van der Waals surface area contributed by atoms with E-state index in [-0.39, 0.29) is 11.9 Å². The summed E-state index contributed by atoms with van der Waals surface area (Å²) in [5.41, 5.74) is 7.69. The molecule has 0 aliphatic carbocycles. The van der Waals surface area contributed by atoms with Crippen LogP contribution in [0.3, 0.4) is 0 Å². The molecule has 1 fully saturated rings. The van der Waals surface area contributed by atoms with Crippen LogP contribution in [0.2, 0.25) is 5.02 Å². The van der Waals surface area contributed by atoms with E-state index in [1.54, 1.807) is 6.07 Å². The van der Waals surface area contributed by atoms with Crippen molar-refractivity contribution < 1.29 is 9.13 Å². The largest absolute Gasteiger partial charge is 0.383 e. The van der Waals surface area contributed by atoms with Crippen LogP contribution in [0.15, 0.2) is 42.5 Å². The van der Waals surface area contributed by atoms with Crippen molar-refractivity contribution in [1.82, 2.24) is 14.9 Å². The summed E-state index contributed by atoms with van der Waals surface area (Å²) >= 11 is 6.18. The highest BCUT2D eigenvalue weighted by atomic mass is 35.5. The first-order valence-electron chi connectivity index (χ1n) is 8.40. The molecule has 0 saturated carbocycles. The Hall–Kier alpha value is -2.28. The Morgan fingerprint density at radius 2 is 2.08 bits per heavy atom. The van der Waals surface area contributed by atoms with Gasteiger partial charge in [0, 0.05) is 29.1 Å². The van der Waals surface area contributed by atoms with Crippen molar-refractivity contribution in [3.8, 4) is 0 Å². The minimum absolute atomic E-state index is 0.213. The van der Waals surface area contributed by atoms with Crippen LogP contribution in [0.25, 0.3) is 10.9 Å². The van der Waals surface area contributed by atoms with Gasteiger partial charge in [0.05, 0.1) is 24.8 Å². The van der Waals surface area contributed by atoms with E-state index in [2.05, 4.69) is 14.9 Å². The number of nitrogens with two attached hydrogens (primary N) is 1. The predicted molar refractivity (Wildman–Crippen MR) is 99.3 cm³/mol. The van der Waals surface area contributed by atoms with Crippen LogP contribution in [0.1, 0.15) is 17.5 Å². The lowest BCUT2D eigenvalue weighted by Gasteiger charge is -2.33. The first-order valence-corrected chi connectivity index (χ1v) is 8.78. The fraction of sp³-hybridized carbons (Fsp3) is 0.263. The molecule has 4 rings (SSSR count). The summed E-state index contributed by atoms with van der Waals surface area (Å²) in [6, 6.07) is 12.1. The molecule has 134 valence electrons. The van der Waals surface area contributed by atoms with Crippen LogP contribution >= 0.6 is 11.6 Å². The molecule has 26 heavy (non-hydrogen) atoms. The van der Waals surface area contributed by atoms with Crippen LogP contribution < -0.4 is 5.73 Å². The fourth-order valence-corrected chi connectivity index (χ4v) is 3.51. The van der Waals surface area contributed by atoms with Gasteiger partial charge in [-0.1, -0.05) is 29.8 Å². The van der Waals surface area contributed by atoms with Gasteiger partial charge in [0.1, 0.15) is 17.5 Å². The van der Waals surface area contributed by atoms with Crippen LogP contribution in [0, 0.1) is 5.82 Å². The molecule has 2 N–H and O–H groups in total. The number of hydrogen-bond acceptors (Lipinski definition) is 5. The zero-order valence-corrected chi connectivity index (χ0v) is 14.8. The molecule has 1 unspecified atom stereocenters. The van der Waals surface area contributed by atoms with Gasteiger partial charge < -0.3 is 10.5 Å². The topological polar surface area (TPSA) is 64.3 Å². The molecule has 0 spiro atoms. The van der Waals surface area contributed by atoms with Crippen molar-refractivity contribution in [2.45, 2.75) is 12.6 Å². The summed E-state index contributed by atoms with van der Waals surface area (Å²) < 4.78 is 19.1. The molecule has 1 aromatic heterocycles. The molecule has 0 amide bonds. The van der Waals surface area contributed by atoms with E-state index in [0.717, 1.165) is 23.0 Å². The number of nitrogens with zero attached hydrogens (tertiary/aromatic N) is 3. The standard InChI is InChI=1S/C19H18ClFN4O/c20-15-9-12(21)5-6-13(15)17-10-25(7-8-26-17)11-18-23-16-4-2-1-3-14(16)19(22)24-18/h1-6,9,17H,7-8,10-11H2,(H2,22,23,24). The van der Waals surface area contributed by atoms with Crippen LogP contribution in [0.4, 0.5) is 10.2 Å². The Bertz CT molecular complexity index is 952. The van der Waals surface area contributed by atoms with Gasteiger partial charge in [-0.3, -0.25) is 4.90 Å². The van der Waals surface area contributed by atoms with Gasteiger partial charge in [0.2, 0.25) is 0 Å². The molecule has 1 aliphatic heterocycles. The van der Waals surface area contributed by atoms with Crippen molar-refractivity contribution in [3.05, 3.63) is 64.7 Å². The molecule has 2 heterocycles. The molecule has 1 saturated heterocycles. The van der Waals surface area contributed by atoms with Gasteiger partial charge in [-0.15, -0.1) is 0 Å². The van der Waals surface area contributed by atoms with Crippen molar-refractivity contribution in [2.75, 3.05) is 25.4 Å². The number of ether oxygens (including phenoxy) is 1. The maximum atomic E-state index is 13.3. The van der Waals surface area contributed by atoms with Gasteiger partial charge in [-0.05, 0) is 24.3 Å². The van der Waals surface area contributed by atoms with Crippen LogP contribution in [-0.4, -0.2) is 34.6 Å². The number of anilines is 1. The summed E-state index contributed by atoms with van der Waals surface area (Å²) in [5, 5.41) is 1.23. The summed E-state index contributed by atoms with van der Waals surface area (Å²) in [4.78, 5) is 11.2. The Morgan fingerprint density at radius 3 is 2.92 bits per heavy atom. The number of nitrogen functional groups attached to an aromatic ring is 1. The molecule has 1 atom stereocenters. The number of benzene rings is 2. The second-order valence-corrected chi connectivity index (χ2v) is 6.71. The smallest absolute Gasteiger partial charge is 0.145 e. The normalized spacial score (nSPS) is 18.3. The third-order valence-electron chi connectivity index (χ3n) is 4.50. The molecular formula is C19H18ClFN4O. The Morgan fingerprint density at radius 1 is 1.23 bits per heavy atom. The lowest BCUT2D eigenvalue weighted by Crippen LogP contribution is -2.38. The lowest BCUT2D eigenvalue weighted by atomic mass is 10.1. The van der Waals surface area contributed by atoms with Crippen LogP contribution in [-0.2, 0) is 11.3 Å². The molecule has 5 nitrogen and oxygen atoms in total. The average Bonchev–Trinajstić information content (AvgIpc) is 2.62. The number of hydrogen-bond donors (Lipinski definition) is 1. The number of rotatable bonds is 3. The van der Waals surface area contributed by atoms with E-state index in [9.17, 15) is 4.39 Å². The molecule has 0 radical (unpaired) electrons. The molecule has 7 heteroatoms. The third-order valence-corrected chi connectivity index (χ3v) is 4.83. The van der Waals surface area contributed by atoms with Gasteiger partial charge >= 0.3 is 0 Å². The SMILES string of the molecule is Nc1nc(CN2CCOC(c3ccc(F)cc3Cl)C2)nc2ccccc12. The zero-order valence-electron chi connectivity index (χ0n) is 14.0. The maximum Gasteiger partial charge on any atom is 0.145 e. The number of halogens is 2. The number of morpholine rings is 1. The number of fused-ring (bicyclic) bond motifs is 1.